The first-order valence-corrected chi connectivity index (χ1v) is 14.1. The third kappa shape index (κ3) is 7.16. The largest absolute Gasteiger partial charge is 0.466 e. The van der Waals surface area contributed by atoms with Gasteiger partial charge in [0.15, 0.2) is 5.82 Å². The van der Waals surface area contributed by atoms with Crippen molar-refractivity contribution in [1.29, 1.82) is 0 Å². The van der Waals surface area contributed by atoms with Gasteiger partial charge in [-0.3, -0.25) is 9.59 Å². The molecule has 220 valence electrons. The molecule has 1 aromatic carbocycles. The number of aryl methyl sites for hydroxylation is 2. The lowest BCUT2D eigenvalue weighted by atomic mass is 9.93. The molecule has 0 bridgehead atoms. The van der Waals surface area contributed by atoms with Crippen molar-refractivity contribution in [3.05, 3.63) is 47.3 Å². The zero-order valence-corrected chi connectivity index (χ0v) is 24.0. The molecule has 2 atom stereocenters. The molecule has 2 aromatic rings. The monoisotopic (exact) mass is 584 g/mol. The third-order valence-corrected chi connectivity index (χ3v) is 7.65. The van der Waals surface area contributed by atoms with Gasteiger partial charge in [-0.2, -0.15) is 0 Å². The van der Waals surface area contributed by atoms with Gasteiger partial charge < -0.3 is 24.3 Å². The Morgan fingerprint density at radius 3 is 2.45 bits per heavy atom. The lowest BCUT2D eigenvalue weighted by molar-refractivity contribution is -0.150. The van der Waals surface area contributed by atoms with Crippen molar-refractivity contribution in [3.63, 3.8) is 0 Å². The van der Waals surface area contributed by atoms with Gasteiger partial charge in [0, 0.05) is 38.1 Å². The van der Waals surface area contributed by atoms with Crippen LogP contribution in [0.2, 0.25) is 0 Å². The van der Waals surface area contributed by atoms with Crippen molar-refractivity contribution in [2.45, 2.75) is 57.6 Å². The first-order valence-electron chi connectivity index (χ1n) is 12.6. The lowest BCUT2D eigenvalue weighted by Crippen LogP contribution is -2.55. The maximum Gasteiger partial charge on any atom is 0.410 e. The summed E-state index contributed by atoms with van der Waals surface area (Å²) in [5.41, 5.74) is -0.893. The number of piperidine rings is 1. The maximum atomic E-state index is 15.4. The van der Waals surface area contributed by atoms with Crippen LogP contribution in [0, 0.1) is 24.5 Å². The molecule has 3 rings (SSSR count). The highest BCUT2D eigenvalue weighted by molar-refractivity contribution is 7.89. The topological polar surface area (TPSA) is 136 Å². The van der Waals surface area contributed by atoms with Crippen molar-refractivity contribution in [3.8, 4) is 0 Å². The van der Waals surface area contributed by atoms with Gasteiger partial charge in [0.25, 0.3) is 5.91 Å². The summed E-state index contributed by atoms with van der Waals surface area (Å²) in [5.74, 6) is -4.55. The molecular weight excluding hydrogens is 550 g/mol. The number of halogens is 2. The van der Waals surface area contributed by atoms with E-state index in [1.807, 2.05) is 0 Å². The minimum absolute atomic E-state index is 0.0215. The van der Waals surface area contributed by atoms with Gasteiger partial charge in [0.1, 0.15) is 22.0 Å². The number of hydrogen-bond donors (Lipinski definition) is 2. The summed E-state index contributed by atoms with van der Waals surface area (Å²) in [6, 6.07) is 2.76. The van der Waals surface area contributed by atoms with Crippen LogP contribution in [0.25, 0.3) is 0 Å². The predicted octanol–water partition coefficient (Wildman–Crippen LogP) is 3.33. The fraction of sp³-hybridized carbons (Fsp3) is 0.500. The molecule has 2 N–H and O–H groups in total. The lowest BCUT2D eigenvalue weighted by Gasteiger charge is -2.37. The summed E-state index contributed by atoms with van der Waals surface area (Å²) >= 11 is 0. The summed E-state index contributed by atoms with van der Waals surface area (Å²) in [4.78, 5) is 38.6. The summed E-state index contributed by atoms with van der Waals surface area (Å²) in [6.45, 7) is 8.08. The van der Waals surface area contributed by atoms with Crippen LogP contribution in [-0.4, -0.2) is 67.2 Å². The Hall–Kier alpha value is -3.52. The Morgan fingerprint density at radius 2 is 1.85 bits per heavy atom. The molecule has 11 nitrogen and oxygen atoms in total. The van der Waals surface area contributed by atoms with E-state index >= 15 is 4.39 Å². The van der Waals surface area contributed by atoms with Gasteiger partial charge >= 0.3 is 12.1 Å². The zero-order valence-electron chi connectivity index (χ0n) is 23.2. The van der Waals surface area contributed by atoms with E-state index in [1.54, 1.807) is 27.7 Å². The first-order chi connectivity index (χ1) is 18.5. The number of amides is 2. The van der Waals surface area contributed by atoms with Crippen LogP contribution in [0.4, 0.5) is 19.3 Å². The second-order valence-corrected chi connectivity index (χ2v) is 12.2. The van der Waals surface area contributed by atoms with Gasteiger partial charge in [-0.15, -0.1) is 0 Å². The van der Waals surface area contributed by atoms with Crippen LogP contribution in [0.15, 0.2) is 29.3 Å². The van der Waals surface area contributed by atoms with Crippen LogP contribution in [0.3, 0.4) is 0 Å². The Balaban J connectivity index is 1.83. The SMILES string of the molecule is CCOC(=O)C1CN(C(=O)OC(C)(C)C)CCC1NS(=O)(=O)c1cn(C)c(C(=O)Nc2ccc(F)c(C)c2)c1F. The summed E-state index contributed by atoms with van der Waals surface area (Å²) in [7, 11) is -3.28. The molecule has 1 saturated heterocycles. The van der Waals surface area contributed by atoms with E-state index in [0.717, 1.165) is 16.8 Å². The molecule has 2 unspecified atom stereocenters. The van der Waals surface area contributed by atoms with Gasteiger partial charge in [-0.1, -0.05) is 0 Å². The van der Waals surface area contributed by atoms with Crippen molar-refractivity contribution in [2.24, 2.45) is 13.0 Å². The van der Waals surface area contributed by atoms with Crippen LogP contribution in [-0.2, 0) is 31.3 Å². The molecule has 0 spiro atoms. The number of carbonyl (C=O) groups excluding carboxylic acids is 3. The molecule has 2 amide bonds. The average molecular weight is 585 g/mol. The second-order valence-electron chi connectivity index (χ2n) is 10.5. The van der Waals surface area contributed by atoms with Crippen LogP contribution >= 0.6 is 0 Å². The van der Waals surface area contributed by atoms with E-state index in [1.165, 1.54) is 31.0 Å². The van der Waals surface area contributed by atoms with E-state index in [-0.39, 0.29) is 37.4 Å². The number of esters is 1. The summed E-state index contributed by atoms with van der Waals surface area (Å²) in [5, 5.41) is 2.43. The minimum Gasteiger partial charge on any atom is -0.466 e. The number of aromatic nitrogens is 1. The molecule has 40 heavy (non-hydrogen) atoms. The number of hydrogen-bond acceptors (Lipinski definition) is 7. The summed E-state index contributed by atoms with van der Waals surface area (Å²) < 4.78 is 69.4. The molecular formula is C26H34F2N4O7S. The van der Waals surface area contributed by atoms with Gasteiger partial charge in [-0.05, 0) is 64.8 Å². The van der Waals surface area contributed by atoms with Gasteiger partial charge in [-0.25, -0.2) is 26.7 Å². The smallest absolute Gasteiger partial charge is 0.410 e. The normalized spacial score (nSPS) is 17.9. The van der Waals surface area contributed by atoms with Crippen molar-refractivity contribution < 1.29 is 41.1 Å². The maximum absolute atomic E-state index is 15.4. The Labute approximate surface area is 231 Å². The van der Waals surface area contributed by atoms with E-state index in [4.69, 9.17) is 9.47 Å². The van der Waals surface area contributed by atoms with Gasteiger partial charge in [0.05, 0.1) is 12.5 Å². The van der Waals surface area contributed by atoms with Crippen LogP contribution in [0.5, 0.6) is 0 Å². The molecule has 14 heteroatoms. The standard InChI is InChI=1S/C26H34F2N4O7S/c1-7-38-24(34)17-13-32(25(35)39-26(3,4)5)11-10-19(17)30-40(36,37)20-14-31(6)22(21(20)28)23(33)29-16-8-9-18(27)15(2)12-16/h8-9,12,14,17,19,30H,7,10-11,13H2,1-6H3,(H,29,33). The van der Waals surface area contributed by atoms with E-state index < -0.39 is 67.8 Å². The van der Waals surface area contributed by atoms with Crippen molar-refractivity contribution in [2.75, 3.05) is 25.0 Å². The number of ether oxygens (including phenoxy) is 2. The zero-order chi connectivity index (χ0) is 30.0. The number of benzene rings is 1. The highest BCUT2D eigenvalue weighted by atomic mass is 32.2. The molecule has 1 aromatic heterocycles. The van der Waals surface area contributed by atoms with E-state index in [9.17, 15) is 27.2 Å². The fourth-order valence-electron chi connectivity index (χ4n) is 4.26. The quantitative estimate of drug-likeness (QED) is 0.477. The molecule has 1 aliphatic rings. The predicted molar refractivity (Wildman–Crippen MR) is 141 cm³/mol. The number of carbonyl (C=O) groups is 3. The van der Waals surface area contributed by atoms with Crippen LogP contribution in [0.1, 0.15) is 50.2 Å². The number of anilines is 1. The molecule has 1 aliphatic heterocycles. The fourth-order valence-corrected chi connectivity index (χ4v) is 5.70. The number of likely N-dealkylation sites (tertiary alicyclic amines) is 1. The van der Waals surface area contributed by atoms with Gasteiger partial charge in [0.2, 0.25) is 10.0 Å². The number of nitrogens with zero attached hydrogens (tertiary/aromatic N) is 2. The molecule has 0 aliphatic carbocycles. The average Bonchev–Trinajstić information content (AvgIpc) is 3.15. The first kappa shape index (κ1) is 31.0. The second kappa shape index (κ2) is 11.9. The number of sulfonamides is 1. The molecule has 0 radical (unpaired) electrons. The van der Waals surface area contributed by atoms with E-state index in [0.29, 0.717) is 0 Å². The van der Waals surface area contributed by atoms with Crippen LogP contribution < -0.4 is 10.0 Å². The molecule has 2 heterocycles. The Bertz CT molecular complexity index is 1400. The third-order valence-electron chi connectivity index (χ3n) is 6.17. The molecule has 0 saturated carbocycles. The summed E-state index contributed by atoms with van der Waals surface area (Å²) in [6.07, 6.45) is 0.301. The highest BCUT2D eigenvalue weighted by Crippen LogP contribution is 2.26. The Kier molecular flexibility index (Phi) is 9.24. The van der Waals surface area contributed by atoms with Crippen molar-refractivity contribution in [1.82, 2.24) is 14.2 Å². The number of rotatable bonds is 7. The highest BCUT2D eigenvalue weighted by Gasteiger charge is 2.41. The minimum atomic E-state index is -4.58. The molecule has 1 fully saturated rings. The van der Waals surface area contributed by atoms with Crippen molar-refractivity contribution >= 4 is 33.7 Å². The number of nitrogens with one attached hydrogen (secondary N) is 2. The Morgan fingerprint density at radius 1 is 1.18 bits per heavy atom. The van der Waals surface area contributed by atoms with E-state index in [2.05, 4.69) is 10.0 Å².